The second-order valence-corrected chi connectivity index (χ2v) is 7.04. The summed E-state index contributed by atoms with van der Waals surface area (Å²) in [6.07, 6.45) is -11.4. The summed E-state index contributed by atoms with van der Waals surface area (Å²) in [4.78, 5) is 0. The molecule has 0 atom stereocenters. The number of hydrogen-bond donors (Lipinski definition) is 3. The van der Waals surface area contributed by atoms with Gasteiger partial charge in [-0.1, -0.05) is 0 Å². The van der Waals surface area contributed by atoms with E-state index in [2.05, 4.69) is 10.6 Å². The van der Waals surface area contributed by atoms with Crippen molar-refractivity contribution in [2.75, 3.05) is 32.7 Å². The van der Waals surface area contributed by atoms with Gasteiger partial charge in [0.15, 0.2) is 0 Å². The van der Waals surface area contributed by atoms with Gasteiger partial charge in [-0.15, -0.1) is 0 Å². The van der Waals surface area contributed by atoms with Crippen LogP contribution in [0.25, 0.3) is 0 Å². The fraction of sp³-hybridized carbons (Fsp3) is 1.00. The van der Waals surface area contributed by atoms with Crippen molar-refractivity contribution in [3.63, 3.8) is 0 Å². The summed E-state index contributed by atoms with van der Waals surface area (Å²) in [7, 11) is 0. The van der Waals surface area contributed by atoms with Crippen molar-refractivity contribution in [2.24, 2.45) is 5.73 Å². The molecule has 0 fully saturated rings. The topological polar surface area (TPSA) is 50.1 Å². The molecule has 0 aromatic rings. The fourth-order valence-electron chi connectivity index (χ4n) is 2.32. The van der Waals surface area contributed by atoms with Crippen LogP contribution < -0.4 is 16.4 Å². The molecule has 0 bridgehead atoms. The zero-order valence-electron chi connectivity index (χ0n) is 17.0. The predicted molar refractivity (Wildman–Crippen MR) is 84.7 cm³/mol. The van der Waals surface area contributed by atoms with Crippen LogP contribution in [0.2, 0.25) is 0 Å². The summed E-state index contributed by atoms with van der Waals surface area (Å²) in [6.45, 7) is -0.0678. The SMILES string of the molecule is NCCNCCNCCCC(F)(F)C(F)(F)C(F)(F)C(F)(F)C(F)(F)C(F)(F)C(F)(F)C(F)(F)F. The first-order valence-electron chi connectivity index (χ1n) is 9.14. The minimum atomic E-state index is -8.60. The second kappa shape index (κ2) is 10.6. The molecule has 0 saturated heterocycles. The molecule has 4 N–H and O–H groups in total. The summed E-state index contributed by atoms with van der Waals surface area (Å²) in [5.41, 5.74) is 5.11. The van der Waals surface area contributed by atoms with Crippen LogP contribution in [0.15, 0.2) is 0 Å². The molecule has 3 nitrogen and oxygen atoms in total. The van der Waals surface area contributed by atoms with E-state index in [9.17, 15) is 74.6 Å². The molecular formula is C15H18F17N3. The van der Waals surface area contributed by atoms with Gasteiger partial charge >= 0.3 is 47.6 Å². The van der Waals surface area contributed by atoms with Crippen LogP contribution in [-0.2, 0) is 0 Å². The first kappa shape index (κ1) is 33.7. The van der Waals surface area contributed by atoms with E-state index in [0.717, 1.165) is 0 Å². The summed E-state index contributed by atoms with van der Waals surface area (Å²) >= 11 is 0. The van der Waals surface area contributed by atoms with Gasteiger partial charge in [-0.25, -0.2) is 0 Å². The molecule has 0 rings (SSSR count). The molecule has 0 heterocycles. The minimum Gasteiger partial charge on any atom is -0.329 e. The highest BCUT2D eigenvalue weighted by atomic mass is 19.4. The van der Waals surface area contributed by atoms with Crippen LogP contribution in [-0.4, -0.2) is 80.4 Å². The molecule has 0 aromatic carbocycles. The zero-order valence-corrected chi connectivity index (χ0v) is 17.0. The van der Waals surface area contributed by atoms with Crippen LogP contribution in [0.5, 0.6) is 0 Å². The Kier molecular flexibility index (Phi) is 10.2. The Bertz CT molecular complexity index is 674. The van der Waals surface area contributed by atoms with Gasteiger partial charge in [0.05, 0.1) is 0 Å². The van der Waals surface area contributed by atoms with Gasteiger partial charge < -0.3 is 16.4 Å². The summed E-state index contributed by atoms with van der Waals surface area (Å²) in [6, 6.07) is 0. The van der Waals surface area contributed by atoms with Crippen LogP contribution in [0.3, 0.4) is 0 Å². The van der Waals surface area contributed by atoms with Crippen molar-refractivity contribution in [1.82, 2.24) is 10.6 Å². The van der Waals surface area contributed by atoms with Gasteiger partial charge in [-0.05, 0) is 13.0 Å². The molecule has 20 heteroatoms. The van der Waals surface area contributed by atoms with E-state index in [-0.39, 0.29) is 19.6 Å². The zero-order chi connectivity index (χ0) is 28.4. The highest BCUT2D eigenvalue weighted by Gasteiger charge is 2.95. The molecule has 35 heavy (non-hydrogen) atoms. The standard InChI is InChI=1S/C15H18F17N3/c16-8(17,2-1-4-34-6-7-35-5-3-33)9(18,19)10(20,21)11(22,23)12(24,25)13(26,27)14(28,29)15(30,31)32/h34-35H,1-7,33H2. The van der Waals surface area contributed by atoms with E-state index in [1.54, 1.807) is 0 Å². The lowest BCUT2D eigenvalue weighted by Gasteiger charge is -2.42. The van der Waals surface area contributed by atoms with Gasteiger partial charge in [0.25, 0.3) is 0 Å². The smallest absolute Gasteiger partial charge is 0.329 e. The number of rotatable bonds is 15. The van der Waals surface area contributed by atoms with Crippen molar-refractivity contribution < 1.29 is 74.6 Å². The molecule has 0 saturated carbocycles. The maximum absolute atomic E-state index is 13.6. The third-order valence-corrected chi connectivity index (χ3v) is 4.43. The van der Waals surface area contributed by atoms with Gasteiger partial charge in [-0.2, -0.15) is 74.6 Å². The van der Waals surface area contributed by atoms with E-state index in [0.29, 0.717) is 6.54 Å². The van der Waals surface area contributed by atoms with E-state index >= 15 is 0 Å². The number of alkyl halides is 17. The molecule has 0 spiro atoms. The average Bonchev–Trinajstić information content (AvgIpc) is 2.68. The Hall–Kier alpha value is -1.31. The highest BCUT2D eigenvalue weighted by molar-refractivity contribution is 5.15. The quantitative estimate of drug-likeness (QED) is 0.196. The average molecular weight is 563 g/mol. The second-order valence-electron chi connectivity index (χ2n) is 7.04. The van der Waals surface area contributed by atoms with Gasteiger partial charge in [0.1, 0.15) is 0 Å². The van der Waals surface area contributed by atoms with Crippen molar-refractivity contribution in [3.05, 3.63) is 0 Å². The number of halogens is 17. The van der Waals surface area contributed by atoms with Crippen LogP contribution >= 0.6 is 0 Å². The van der Waals surface area contributed by atoms with Crippen LogP contribution in [0.4, 0.5) is 74.6 Å². The maximum Gasteiger partial charge on any atom is 0.460 e. The monoisotopic (exact) mass is 563 g/mol. The van der Waals surface area contributed by atoms with Crippen molar-refractivity contribution in [3.8, 4) is 0 Å². The number of nitrogens with one attached hydrogen (secondary N) is 2. The molecular weight excluding hydrogens is 545 g/mol. The Morgan fingerprint density at radius 1 is 0.429 bits per heavy atom. The van der Waals surface area contributed by atoms with Gasteiger partial charge in [0, 0.05) is 32.6 Å². The largest absolute Gasteiger partial charge is 0.460 e. The predicted octanol–water partition coefficient (Wildman–Crippen LogP) is 4.91. The molecule has 0 aliphatic carbocycles. The van der Waals surface area contributed by atoms with E-state index in [1.165, 1.54) is 0 Å². The first-order chi connectivity index (χ1) is 15.3. The minimum absolute atomic E-state index is 0.0368. The lowest BCUT2D eigenvalue weighted by molar-refractivity contribution is -0.461. The van der Waals surface area contributed by atoms with E-state index < -0.39 is 67.0 Å². The van der Waals surface area contributed by atoms with Crippen LogP contribution in [0, 0.1) is 0 Å². The lowest BCUT2D eigenvalue weighted by Crippen LogP contribution is -2.74. The number of nitrogens with two attached hydrogens (primary N) is 1. The Labute approximate surface area is 185 Å². The molecule has 0 aliphatic rings. The van der Waals surface area contributed by atoms with E-state index in [1.807, 2.05) is 0 Å². The fourth-order valence-corrected chi connectivity index (χ4v) is 2.32. The third kappa shape index (κ3) is 5.83. The molecule has 0 aromatic heterocycles. The highest BCUT2D eigenvalue weighted by Crippen LogP contribution is 2.64. The van der Waals surface area contributed by atoms with Gasteiger partial charge in [0.2, 0.25) is 0 Å². The van der Waals surface area contributed by atoms with E-state index in [4.69, 9.17) is 5.73 Å². The maximum atomic E-state index is 13.6. The normalized spacial score (nSPS) is 15.6. The molecule has 0 radical (unpaired) electrons. The summed E-state index contributed by atoms with van der Waals surface area (Å²) in [5.74, 6) is -55.9. The molecule has 0 amide bonds. The van der Waals surface area contributed by atoms with Crippen LogP contribution in [0.1, 0.15) is 12.8 Å². The lowest BCUT2D eigenvalue weighted by atomic mass is 9.88. The molecule has 0 aliphatic heterocycles. The summed E-state index contributed by atoms with van der Waals surface area (Å²) < 4.78 is 223. The summed E-state index contributed by atoms with van der Waals surface area (Å²) in [5, 5.41) is 4.94. The Morgan fingerprint density at radius 2 is 0.771 bits per heavy atom. The molecule has 212 valence electrons. The Balaban J connectivity index is 5.84. The molecule has 0 unspecified atom stereocenters. The van der Waals surface area contributed by atoms with Gasteiger partial charge in [-0.3, -0.25) is 0 Å². The van der Waals surface area contributed by atoms with Crippen molar-refractivity contribution in [2.45, 2.75) is 60.5 Å². The third-order valence-electron chi connectivity index (χ3n) is 4.43. The van der Waals surface area contributed by atoms with Crippen molar-refractivity contribution >= 4 is 0 Å². The van der Waals surface area contributed by atoms with Crippen molar-refractivity contribution in [1.29, 1.82) is 0 Å². The Morgan fingerprint density at radius 3 is 1.14 bits per heavy atom. The number of hydrogen-bond acceptors (Lipinski definition) is 3. The first-order valence-corrected chi connectivity index (χ1v) is 9.14.